The van der Waals surface area contributed by atoms with Crippen molar-refractivity contribution in [3.05, 3.63) is 60.1 Å². The lowest BCUT2D eigenvalue weighted by molar-refractivity contribution is 0.160. The van der Waals surface area contributed by atoms with Gasteiger partial charge < -0.3 is 9.47 Å². The van der Waals surface area contributed by atoms with Crippen molar-refractivity contribution in [2.45, 2.75) is 142 Å². The summed E-state index contributed by atoms with van der Waals surface area (Å²) in [6.07, 6.45) is 20.3. The standard InChI is InChI=1S/C12H18O.C10H18O.12CH4/c1-3-5-7-8-10-12-13-11-9-6-4-2;1-3-5-7-8-10-11-9-6-4-2;;;;;;;;;;;;/h3-4,7,9H,8,10-12H2,1-2H3;3-6H,7-10H2,1-2H3;12*1H4. The average molecular weight is 525 g/mol. The molecular formula is C34H84O2. The van der Waals surface area contributed by atoms with Crippen LogP contribution in [-0.4, -0.2) is 26.4 Å². The van der Waals surface area contributed by atoms with Crippen LogP contribution in [0.2, 0.25) is 0 Å². The van der Waals surface area contributed by atoms with Gasteiger partial charge in [0.15, 0.2) is 0 Å². The van der Waals surface area contributed by atoms with Crippen LogP contribution in [0.15, 0.2) is 60.1 Å². The Morgan fingerprint density at radius 3 is 1.28 bits per heavy atom. The number of ether oxygens (including phenoxy) is 2. The quantitative estimate of drug-likeness (QED) is 0.143. The van der Waals surface area contributed by atoms with Crippen LogP contribution in [0.4, 0.5) is 0 Å². The Bertz CT molecular complexity index is 367. The molecule has 0 radical (unpaired) electrons. The van der Waals surface area contributed by atoms with Gasteiger partial charge in [0.1, 0.15) is 0 Å². The second-order valence-electron chi connectivity index (χ2n) is 4.89. The lowest BCUT2D eigenvalue weighted by Crippen LogP contribution is -1.92. The van der Waals surface area contributed by atoms with Crippen LogP contribution in [0, 0.1) is 0 Å². The topological polar surface area (TPSA) is 18.5 Å². The fourth-order valence-corrected chi connectivity index (χ4v) is 1.51. The van der Waals surface area contributed by atoms with Gasteiger partial charge in [-0.05, 0) is 77.7 Å². The van der Waals surface area contributed by atoms with E-state index in [1.807, 2.05) is 64.2 Å². The molecule has 2 nitrogen and oxygen atoms in total. The van der Waals surface area contributed by atoms with Gasteiger partial charge >= 0.3 is 0 Å². The summed E-state index contributed by atoms with van der Waals surface area (Å²) in [7, 11) is 0. The maximum absolute atomic E-state index is 5.32. The van der Waals surface area contributed by atoms with E-state index in [9.17, 15) is 0 Å². The lowest BCUT2D eigenvalue weighted by Gasteiger charge is -1.97. The first kappa shape index (κ1) is 92.2. The van der Waals surface area contributed by atoms with Crippen molar-refractivity contribution in [3.63, 3.8) is 0 Å². The highest BCUT2D eigenvalue weighted by atomic mass is 16.5. The predicted octanol–water partition coefficient (Wildman–Crippen LogP) is 13.8. The molecule has 0 rings (SSSR count). The molecule has 0 heterocycles. The molecule has 232 valence electrons. The highest BCUT2D eigenvalue weighted by Crippen LogP contribution is 1.92. The van der Waals surface area contributed by atoms with Crippen molar-refractivity contribution >= 4 is 0 Å². The third-order valence-corrected chi connectivity index (χ3v) is 2.75. The van der Waals surface area contributed by atoms with Crippen LogP contribution in [0.25, 0.3) is 0 Å². The van der Waals surface area contributed by atoms with Crippen LogP contribution in [-0.2, 0) is 9.47 Å². The first-order valence-corrected chi connectivity index (χ1v) is 8.92. The Labute approximate surface area is 238 Å². The Balaban J connectivity index is -0.0000000169. The molecule has 0 unspecified atom stereocenters. The fourth-order valence-electron chi connectivity index (χ4n) is 1.51. The molecule has 0 fully saturated rings. The molecule has 0 spiro atoms. The minimum atomic E-state index is 0. The second kappa shape index (κ2) is 103. The van der Waals surface area contributed by atoms with E-state index in [1.165, 1.54) is 0 Å². The summed E-state index contributed by atoms with van der Waals surface area (Å²) in [5.74, 6) is 0. The summed E-state index contributed by atoms with van der Waals surface area (Å²) >= 11 is 0. The predicted molar refractivity (Wildman–Crippen MR) is 187 cm³/mol. The third kappa shape index (κ3) is 119. The van der Waals surface area contributed by atoms with Gasteiger partial charge in [0, 0.05) is 13.2 Å². The van der Waals surface area contributed by atoms with Gasteiger partial charge in [-0.15, -0.1) is 11.5 Å². The summed E-state index contributed by atoms with van der Waals surface area (Å²) in [4.78, 5) is 0. The number of hydrogen-bond acceptors (Lipinski definition) is 2. The van der Waals surface area contributed by atoms with Crippen molar-refractivity contribution in [2.24, 2.45) is 0 Å². The number of allylic oxidation sites excluding steroid dienone is 4. The van der Waals surface area contributed by atoms with Crippen molar-refractivity contribution in [1.29, 1.82) is 0 Å². The molecule has 36 heavy (non-hydrogen) atoms. The molecule has 0 saturated heterocycles. The molecule has 0 aromatic heterocycles. The average Bonchev–Trinajstić information content (AvgIpc) is 2.60. The summed E-state index contributed by atoms with van der Waals surface area (Å²) in [5, 5.41) is 0. The molecule has 0 aliphatic rings. The lowest BCUT2D eigenvalue weighted by atomic mass is 10.3. The minimum Gasteiger partial charge on any atom is -0.377 e. The molecule has 0 N–H and O–H groups in total. The molecule has 2 heteroatoms. The zero-order valence-electron chi connectivity index (χ0n) is 16.1. The van der Waals surface area contributed by atoms with Crippen LogP contribution in [0.5, 0.6) is 0 Å². The van der Waals surface area contributed by atoms with E-state index in [0.717, 1.165) is 45.5 Å². The number of hydrogen-bond donors (Lipinski definition) is 0. The molecule has 0 aromatic rings. The van der Waals surface area contributed by atoms with E-state index in [4.69, 9.17) is 9.47 Å². The monoisotopic (exact) mass is 525 g/mol. The van der Waals surface area contributed by atoms with Crippen molar-refractivity contribution in [3.8, 4) is 0 Å². The van der Waals surface area contributed by atoms with E-state index < -0.39 is 0 Å². The van der Waals surface area contributed by atoms with Crippen molar-refractivity contribution in [2.75, 3.05) is 26.4 Å². The van der Waals surface area contributed by atoms with Gasteiger partial charge in [-0.2, -0.15) is 0 Å². The Morgan fingerprint density at radius 2 is 0.861 bits per heavy atom. The zero-order valence-corrected chi connectivity index (χ0v) is 16.1. The molecule has 0 saturated carbocycles. The molecular weight excluding hydrogens is 440 g/mol. The molecule has 0 atom stereocenters. The fraction of sp³-hybridized carbons (Fsp3) is 0.706. The van der Waals surface area contributed by atoms with Gasteiger partial charge in [-0.25, -0.2) is 0 Å². The van der Waals surface area contributed by atoms with Crippen molar-refractivity contribution in [1.82, 2.24) is 0 Å². The van der Waals surface area contributed by atoms with Gasteiger partial charge in [0.05, 0.1) is 13.2 Å². The van der Waals surface area contributed by atoms with Gasteiger partial charge in [-0.3, -0.25) is 0 Å². The smallest absolute Gasteiger partial charge is 0.0721 e. The van der Waals surface area contributed by atoms with E-state index in [1.54, 1.807) is 0 Å². The summed E-state index contributed by atoms with van der Waals surface area (Å²) in [5.41, 5.74) is 5.99. The highest BCUT2D eigenvalue weighted by Gasteiger charge is 1.83. The minimum absolute atomic E-state index is 0. The molecule has 0 bridgehead atoms. The van der Waals surface area contributed by atoms with Gasteiger partial charge in [0.25, 0.3) is 0 Å². The second-order valence-corrected chi connectivity index (χ2v) is 4.89. The van der Waals surface area contributed by atoms with Crippen LogP contribution < -0.4 is 0 Å². The number of rotatable bonds is 12. The SMILES string of the molecule is C.C.C.C.C.C.C.C.C.C.C.C.CC=C=CCCCOCC=C=CC.CC=CCCCOCC=CC. The van der Waals surface area contributed by atoms with E-state index in [-0.39, 0.29) is 89.1 Å². The Kier molecular flexibility index (Phi) is 265. The molecule has 0 aliphatic carbocycles. The van der Waals surface area contributed by atoms with E-state index in [2.05, 4.69) is 23.6 Å². The Morgan fingerprint density at radius 1 is 0.472 bits per heavy atom. The van der Waals surface area contributed by atoms with E-state index >= 15 is 0 Å². The summed E-state index contributed by atoms with van der Waals surface area (Å²) in [6, 6.07) is 0. The van der Waals surface area contributed by atoms with Crippen LogP contribution >= 0.6 is 0 Å². The third-order valence-electron chi connectivity index (χ3n) is 2.75. The van der Waals surface area contributed by atoms with Crippen LogP contribution in [0.3, 0.4) is 0 Å². The van der Waals surface area contributed by atoms with Gasteiger partial charge in [0.2, 0.25) is 0 Å². The normalized spacial score (nSPS) is 6.56. The van der Waals surface area contributed by atoms with Gasteiger partial charge in [-0.1, -0.05) is 113 Å². The van der Waals surface area contributed by atoms with Crippen LogP contribution in [0.1, 0.15) is 142 Å². The number of unbranched alkanes of at least 4 members (excludes halogenated alkanes) is 2. The summed E-state index contributed by atoms with van der Waals surface area (Å²) in [6.45, 7) is 11.1. The molecule has 0 aliphatic heterocycles. The maximum atomic E-state index is 5.32. The highest BCUT2D eigenvalue weighted by molar-refractivity contribution is 4.82. The van der Waals surface area contributed by atoms with Crippen molar-refractivity contribution < 1.29 is 9.47 Å². The first-order chi connectivity index (χ1) is 11.8. The molecule has 0 aromatic carbocycles. The zero-order chi connectivity index (χ0) is 18.1. The van der Waals surface area contributed by atoms with E-state index in [0.29, 0.717) is 6.61 Å². The largest absolute Gasteiger partial charge is 0.377 e. The summed E-state index contributed by atoms with van der Waals surface area (Å²) < 4.78 is 10.6. The first-order valence-electron chi connectivity index (χ1n) is 8.92. The Hall–Kier alpha value is -1.56. The maximum Gasteiger partial charge on any atom is 0.0721 e. The molecule has 0 amide bonds.